The van der Waals surface area contributed by atoms with Crippen molar-refractivity contribution in [3.05, 3.63) is 10.6 Å². The molecule has 1 aromatic heterocycles. The lowest BCUT2D eigenvalue weighted by Crippen LogP contribution is -2.32. The van der Waals surface area contributed by atoms with Gasteiger partial charge in [0.05, 0.1) is 29.3 Å². The van der Waals surface area contributed by atoms with Gasteiger partial charge in [0.15, 0.2) is 0 Å². The predicted molar refractivity (Wildman–Crippen MR) is 65.2 cm³/mol. The van der Waals surface area contributed by atoms with Crippen molar-refractivity contribution >= 4 is 11.5 Å². The quantitative estimate of drug-likeness (QED) is 0.587. The van der Waals surface area contributed by atoms with Crippen LogP contribution in [0.5, 0.6) is 0 Å². The van der Waals surface area contributed by atoms with E-state index < -0.39 is 0 Å². The standard InChI is InChI=1S/C10H20N4OS/c1-6(2)9-10(16-14-13-9)8(12-11)5-15-7(3)4/h6-8,12H,5,11H2,1-4H3. The van der Waals surface area contributed by atoms with Crippen molar-refractivity contribution in [2.24, 2.45) is 5.84 Å². The van der Waals surface area contributed by atoms with E-state index in [0.717, 1.165) is 10.6 Å². The van der Waals surface area contributed by atoms with Crippen molar-refractivity contribution in [3.63, 3.8) is 0 Å². The zero-order chi connectivity index (χ0) is 12.1. The highest BCUT2D eigenvalue weighted by atomic mass is 32.1. The SMILES string of the molecule is CC(C)OCC(NN)c1snnc1C(C)C. The molecule has 1 atom stereocenters. The maximum atomic E-state index is 5.56. The predicted octanol–water partition coefficient (Wildman–Crippen LogP) is 1.59. The van der Waals surface area contributed by atoms with Crippen LogP contribution in [-0.2, 0) is 4.74 Å². The number of ether oxygens (including phenoxy) is 1. The smallest absolute Gasteiger partial charge is 0.0830 e. The summed E-state index contributed by atoms with van der Waals surface area (Å²) >= 11 is 1.38. The zero-order valence-electron chi connectivity index (χ0n) is 10.2. The third-order valence-corrected chi connectivity index (χ3v) is 3.05. The first-order valence-corrected chi connectivity index (χ1v) is 6.23. The second-order valence-corrected chi connectivity index (χ2v) is 5.06. The van der Waals surface area contributed by atoms with Gasteiger partial charge in [-0.3, -0.25) is 5.84 Å². The van der Waals surface area contributed by atoms with E-state index in [9.17, 15) is 0 Å². The number of aromatic nitrogens is 2. The second kappa shape index (κ2) is 6.24. The van der Waals surface area contributed by atoms with Crippen LogP contribution in [0.1, 0.15) is 50.2 Å². The van der Waals surface area contributed by atoms with E-state index in [2.05, 4.69) is 28.9 Å². The first kappa shape index (κ1) is 13.5. The van der Waals surface area contributed by atoms with Gasteiger partial charge in [0.25, 0.3) is 0 Å². The number of nitrogens with one attached hydrogen (secondary N) is 1. The molecule has 1 aromatic rings. The molecule has 92 valence electrons. The third kappa shape index (κ3) is 3.48. The maximum Gasteiger partial charge on any atom is 0.0830 e. The average Bonchev–Trinajstić information content (AvgIpc) is 2.67. The molecule has 1 rings (SSSR count). The minimum atomic E-state index is -0.0280. The van der Waals surface area contributed by atoms with Gasteiger partial charge in [0, 0.05) is 0 Å². The van der Waals surface area contributed by atoms with E-state index in [-0.39, 0.29) is 12.1 Å². The summed E-state index contributed by atoms with van der Waals surface area (Å²) < 4.78 is 9.54. The minimum Gasteiger partial charge on any atom is -0.377 e. The van der Waals surface area contributed by atoms with Crippen LogP contribution < -0.4 is 11.3 Å². The van der Waals surface area contributed by atoms with Gasteiger partial charge in [-0.2, -0.15) is 0 Å². The van der Waals surface area contributed by atoms with Crippen LogP contribution in [0.25, 0.3) is 0 Å². The average molecular weight is 244 g/mol. The van der Waals surface area contributed by atoms with Crippen LogP contribution >= 0.6 is 11.5 Å². The number of nitrogens with two attached hydrogens (primary N) is 1. The van der Waals surface area contributed by atoms with Crippen LogP contribution in [0.2, 0.25) is 0 Å². The van der Waals surface area contributed by atoms with E-state index in [4.69, 9.17) is 10.6 Å². The van der Waals surface area contributed by atoms with Gasteiger partial charge in [-0.25, -0.2) is 5.43 Å². The lowest BCUT2D eigenvalue weighted by molar-refractivity contribution is 0.0615. The summed E-state index contributed by atoms with van der Waals surface area (Å²) in [5, 5.41) is 4.13. The fourth-order valence-electron chi connectivity index (χ4n) is 1.33. The normalized spacial score (nSPS) is 13.7. The highest BCUT2D eigenvalue weighted by Gasteiger charge is 2.20. The Balaban J connectivity index is 2.74. The highest BCUT2D eigenvalue weighted by molar-refractivity contribution is 7.05. The zero-order valence-corrected chi connectivity index (χ0v) is 11.0. The molecular weight excluding hydrogens is 224 g/mol. The summed E-state index contributed by atoms with van der Waals surface area (Å²) in [7, 11) is 0. The summed E-state index contributed by atoms with van der Waals surface area (Å²) in [4.78, 5) is 1.07. The molecule has 6 heteroatoms. The van der Waals surface area contributed by atoms with Gasteiger partial charge in [-0.15, -0.1) is 5.10 Å². The van der Waals surface area contributed by atoms with Gasteiger partial charge >= 0.3 is 0 Å². The molecule has 3 N–H and O–H groups in total. The molecule has 5 nitrogen and oxygen atoms in total. The van der Waals surface area contributed by atoms with Crippen LogP contribution in [0.15, 0.2) is 0 Å². The van der Waals surface area contributed by atoms with Crippen molar-refractivity contribution in [2.45, 2.75) is 45.8 Å². The number of hydrazine groups is 1. The molecule has 0 spiro atoms. The molecule has 0 radical (unpaired) electrons. The van der Waals surface area contributed by atoms with E-state index in [1.165, 1.54) is 11.5 Å². The summed E-state index contributed by atoms with van der Waals surface area (Å²) in [6, 6.07) is -0.0280. The molecule has 0 fully saturated rings. The van der Waals surface area contributed by atoms with Crippen LogP contribution in [-0.4, -0.2) is 22.3 Å². The molecule has 0 saturated carbocycles. The van der Waals surface area contributed by atoms with Gasteiger partial charge in [-0.1, -0.05) is 18.3 Å². The lowest BCUT2D eigenvalue weighted by atomic mass is 10.1. The Hall–Kier alpha value is -0.560. The molecule has 0 aliphatic heterocycles. The van der Waals surface area contributed by atoms with Crippen LogP contribution in [0.4, 0.5) is 0 Å². The molecule has 0 bridgehead atoms. The molecule has 0 saturated heterocycles. The molecule has 1 heterocycles. The molecule has 0 amide bonds. The molecule has 0 aliphatic carbocycles. The Morgan fingerprint density at radius 3 is 2.56 bits per heavy atom. The summed E-state index contributed by atoms with van der Waals surface area (Å²) in [5.74, 6) is 5.89. The van der Waals surface area contributed by atoms with E-state index in [0.29, 0.717) is 12.5 Å². The Bertz CT molecular complexity index is 314. The topological polar surface area (TPSA) is 73.1 Å². The summed E-state index contributed by atoms with van der Waals surface area (Å²) in [6.45, 7) is 8.73. The van der Waals surface area contributed by atoms with Crippen molar-refractivity contribution in [1.29, 1.82) is 0 Å². The Labute approximate surface area is 101 Å². The Kier molecular flexibility index (Phi) is 5.27. The fraction of sp³-hybridized carbons (Fsp3) is 0.800. The summed E-state index contributed by atoms with van der Waals surface area (Å²) in [6.07, 6.45) is 0.194. The van der Waals surface area contributed by atoms with Crippen molar-refractivity contribution in [1.82, 2.24) is 15.0 Å². The Morgan fingerprint density at radius 1 is 1.38 bits per heavy atom. The third-order valence-electron chi connectivity index (χ3n) is 2.20. The van der Waals surface area contributed by atoms with Crippen LogP contribution in [0, 0.1) is 0 Å². The monoisotopic (exact) mass is 244 g/mol. The molecule has 0 aliphatic rings. The summed E-state index contributed by atoms with van der Waals surface area (Å²) in [5.41, 5.74) is 3.76. The van der Waals surface area contributed by atoms with Gasteiger partial charge in [0.1, 0.15) is 0 Å². The maximum absolute atomic E-state index is 5.56. The number of hydrogen-bond acceptors (Lipinski definition) is 6. The fourth-order valence-corrected chi connectivity index (χ4v) is 2.18. The van der Waals surface area contributed by atoms with E-state index in [1.54, 1.807) is 0 Å². The number of hydrogen-bond donors (Lipinski definition) is 2. The van der Waals surface area contributed by atoms with Crippen molar-refractivity contribution < 1.29 is 4.74 Å². The van der Waals surface area contributed by atoms with Gasteiger partial charge in [-0.05, 0) is 31.3 Å². The minimum absolute atomic E-state index is 0.0280. The van der Waals surface area contributed by atoms with E-state index >= 15 is 0 Å². The molecule has 0 aromatic carbocycles. The molecular formula is C10H20N4OS. The highest BCUT2D eigenvalue weighted by Crippen LogP contribution is 2.26. The van der Waals surface area contributed by atoms with Crippen molar-refractivity contribution in [3.8, 4) is 0 Å². The first-order valence-electron chi connectivity index (χ1n) is 5.46. The number of nitrogens with zero attached hydrogens (tertiary/aromatic N) is 2. The lowest BCUT2D eigenvalue weighted by Gasteiger charge is -2.17. The van der Waals surface area contributed by atoms with Crippen LogP contribution in [0.3, 0.4) is 0 Å². The van der Waals surface area contributed by atoms with Crippen molar-refractivity contribution in [2.75, 3.05) is 6.61 Å². The second-order valence-electron chi connectivity index (χ2n) is 4.28. The van der Waals surface area contributed by atoms with E-state index in [1.807, 2.05) is 13.8 Å². The van der Waals surface area contributed by atoms with Gasteiger partial charge in [0.2, 0.25) is 0 Å². The molecule has 16 heavy (non-hydrogen) atoms. The molecule has 1 unspecified atom stereocenters. The largest absolute Gasteiger partial charge is 0.377 e. The first-order chi connectivity index (χ1) is 7.56. The Morgan fingerprint density at radius 2 is 2.06 bits per heavy atom. The van der Waals surface area contributed by atoms with Gasteiger partial charge < -0.3 is 4.74 Å². The number of rotatable bonds is 6.